The summed E-state index contributed by atoms with van der Waals surface area (Å²) < 4.78 is 69.1. The largest absolute Gasteiger partial charge is 0.486 e. The Bertz CT molecular complexity index is 1540. The van der Waals surface area contributed by atoms with E-state index in [4.69, 9.17) is 9.47 Å². The van der Waals surface area contributed by atoms with Crippen LogP contribution in [-0.2, 0) is 19.6 Å². The molecule has 2 fully saturated rings. The van der Waals surface area contributed by atoms with E-state index in [-0.39, 0.29) is 79.0 Å². The fourth-order valence-electron chi connectivity index (χ4n) is 7.06. The number of halogens is 2. The molecular formula is C34H50F2N6O5S. The number of hydrogen-bond donors (Lipinski definition) is 2. The summed E-state index contributed by atoms with van der Waals surface area (Å²) in [6, 6.07) is 2.85. The zero-order valence-electron chi connectivity index (χ0n) is 28.7. The van der Waals surface area contributed by atoms with Gasteiger partial charge in [-0.15, -0.1) is 0 Å². The van der Waals surface area contributed by atoms with Gasteiger partial charge >= 0.3 is 0 Å². The maximum Gasteiger partial charge on any atom is 0.246 e. The summed E-state index contributed by atoms with van der Waals surface area (Å²) in [5.41, 5.74) is 0.784. The van der Waals surface area contributed by atoms with Crippen molar-refractivity contribution in [2.45, 2.75) is 84.9 Å². The van der Waals surface area contributed by atoms with Crippen LogP contribution in [0.4, 0.5) is 20.4 Å². The lowest BCUT2D eigenvalue weighted by molar-refractivity contribution is -0.131. The van der Waals surface area contributed by atoms with E-state index < -0.39 is 21.7 Å². The summed E-state index contributed by atoms with van der Waals surface area (Å²) in [6.07, 6.45) is 5.27. The average Bonchev–Trinajstić information content (AvgIpc) is 3.04. The van der Waals surface area contributed by atoms with Crippen molar-refractivity contribution < 1.29 is 31.5 Å². The molecule has 1 aromatic heterocycles. The van der Waals surface area contributed by atoms with E-state index in [1.54, 1.807) is 6.07 Å². The number of carbonyl (C=O) groups is 1. The summed E-state index contributed by atoms with van der Waals surface area (Å²) in [5, 5.41) is 5.90. The molecule has 1 saturated carbocycles. The highest BCUT2D eigenvalue weighted by Gasteiger charge is 2.32. The van der Waals surface area contributed by atoms with E-state index in [1.807, 2.05) is 18.7 Å². The lowest BCUT2D eigenvalue weighted by Gasteiger charge is -2.37. The van der Waals surface area contributed by atoms with Crippen molar-refractivity contribution in [1.29, 1.82) is 0 Å². The molecule has 1 aromatic carbocycles. The third kappa shape index (κ3) is 8.73. The molecule has 48 heavy (non-hydrogen) atoms. The van der Waals surface area contributed by atoms with Crippen molar-refractivity contribution in [3.05, 3.63) is 30.0 Å². The van der Waals surface area contributed by atoms with Gasteiger partial charge in [0.1, 0.15) is 18.9 Å². The van der Waals surface area contributed by atoms with Gasteiger partial charge in [0.05, 0.1) is 30.3 Å². The van der Waals surface area contributed by atoms with Crippen LogP contribution in [0.25, 0.3) is 11.3 Å². The SMILES string of the molecule is CC(C)[C@@H]1CC[C@@H](C)C[C@H]1OCC(=O)NCCS(=O)(=O)N1CCC(Nc2ncc(F)c(-c3cc(F)c4c(c3)N(C(C)C)CCO4)n2)CC1. The molecule has 1 saturated heterocycles. The molecule has 0 unspecified atom stereocenters. The number of anilines is 2. The molecule has 3 aliphatic rings. The highest BCUT2D eigenvalue weighted by molar-refractivity contribution is 7.89. The lowest BCUT2D eigenvalue weighted by atomic mass is 9.75. The second kappa shape index (κ2) is 15.6. The predicted octanol–water partition coefficient (Wildman–Crippen LogP) is 4.83. The first-order valence-corrected chi connectivity index (χ1v) is 18.8. The number of sulfonamides is 1. The molecule has 266 valence electrons. The normalized spacial score (nSPS) is 22.4. The van der Waals surface area contributed by atoms with Crippen molar-refractivity contribution in [2.75, 3.05) is 55.4 Å². The van der Waals surface area contributed by atoms with Gasteiger partial charge in [-0.3, -0.25) is 4.79 Å². The summed E-state index contributed by atoms with van der Waals surface area (Å²) in [4.78, 5) is 22.9. The monoisotopic (exact) mass is 692 g/mol. The minimum Gasteiger partial charge on any atom is -0.486 e. The van der Waals surface area contributed by atoms with Crippen LogP contribution >= 0.6 is 0 Å². The number of nitrogens with one attached hydrogen (secondary N) is 2. The van der Waals surface area contributed by atoms with Crippen molar-refractivity contribution in [3.8, 4) is 17.0 Å². The van der Waals surface area contributed by atoms with E-state index in [0.29, 0.717) is 49.4 Å². The Morgan fingerprint density at radius 2 is 1.83 bits per heavy atom. The standard InChI is InChI=1S/C34H50F2N6O5S/c1-21(2)26-7-6-23(5)16-30(26)47-20-31(43)37-10-15-48(44,45)41-11-8-25(9-12-41)39-34-38-19-28(36)32(40-34)24-17-27(35)33-29(18-24)42(22(3)4)13-14-46-33/h17-19,21-23,25-26,30H,6-16,20H2,1-5H3,(H,37,43)(H,38,39,40)/t23-,26+,30-/m1/s1. The van der Waals surface area contributed by atoms with Crippen molar-refractivity contribution >= 4 is 27.6 Å². The molecule has 2 N–H and O–H groups in total. The van der Waals surface area contributed by atoms with Crippen molar-refractivity contribution in [1.82, 2.24) is 19.6 Å². The van der Waals surface area contributed by atoms with Gasteiger partial charge in [-0.2, -0.15) is 0 Å². The van der Waals surface area contributed by atoms with Gasteiger partial charge in [-0.05, 0) is 69.4 Å². The van der Waals surface area contributed by atoms with E-state index in [9.17, 15) is 17.6 Å². The molecule has 2 aliphatic heterocycles. The number of piperidine rings is 1. The van der Waals surface area contributed by atoms with Crippen molar-refractivity contribution in [2.24, 2.45) is 17.8 Å². The van der Waals surface area contributed by atoms with Gasteiger partial charge in [0, 0.05) is 37.3 Å². The van der Waals surface area contributed by atoms with Crippen LogP contribution in [0.1, 0.15) is 66.7 Å². The van der Waals surface area contributed by atoms with Crippen molar-refractivity contribution in [3.63, 3.8) is 0 Å². The fourth-order valence-corrected chi connectivity index (χ4v) is 8.45. The average molecular weight is 693 g/mol. The Kier molecular flexibility index (Phi) is 11.8. The topological polar surface area (TPSA) is 126 Å². The molecule has 3 atom stereocenters. The number of fused-ring (bicyclic) bond motifs is 1. The smallest absolute Gasteiger partial charge is 0.246 e. The van der Waals surface area contributed by atoms with Crippen LogP contribution in [0.3, 0.4) is 0 Å². The van der Waals surface area contributed by atoms with Gasteiger partial charge in [0.25, 0.3) is 0 Å². The maximum absolute atomic E-state index is 15.0. The number of hydrogen-bond acceptors (Lipinski definition) is 9. The zero-order chi connectivity index (χ0) is 34.6. The number of aromatic nitrogens is 2. The third-order valence-corrected chi connectivity index (χ3v) is 11.7. The molecule has 2 aromatic rings. The minimum absolute atomic E-state index is 0.00786. The first-order chi connectivity index (χ1) is 22.8. The Morgan fingerprint density at radius 1 is 1.08 bits per heavy atom. The number of ether oxygens (including phenoxy) is 2. The molecule has 0 bridgehead atoms. The highest BCUT2D eigenvalue weighted by Crippen LogP contribution is 2.39. The molecule has 14 heteroatoms. The molecule has 0 spiro atoms. The van der Waals surface area contributed by atoms with E-state index in [0.717, 1.165) is 19.0 Å². The minimum atomic E-state index is -3.59. The first kappa shape index (κ1) is 36.2. The van der Waals surface area contributed by atoms with Crippen LogP contribution in [0.5, 0.6) is 5.75 Å². The summed E-state index contributed by atoms with van der Waals surface area (Å²) in [5.74, 6) is 0.0112. The van der Waals surface area contributed by atoms with Gasteiger partial charge in [0.2, 0.25) is 21.9 Å². The Hall–Kier alpha value is -3.10. The quantitative estimate of drug-likeness (QED) is 0.322. The second-order valence-corrected chi connectivity index (χ2v) is 16.1. The highest BCUT2D eigenvalue weighted by atomic mass is 32.2. The van der Waals surface area contributed by atoms with Gasteiger partial charge in [-0.25, -0.2) is 31.5 Å². The number of amides is 1. The summed E-state index contributed by atoms with van der Waals surface area (Å²) in [7, 11) is -3.59. The first-order valence-electron chi connectivity index (χ1n) is 17.2. The lowest BCUT2D eigenvalue weighted by Crippen LogP contribution is -2.45. The van der Waals surface area contributed by atoms with Gasteiger partial charge in [-0.1, -0.05) is 27.2 Å². The Labute approximate surface area is 283 Å². The number of rotatable bonds is 12. The molecule has 1 amide bonds. The molecular weight excluding hydrogens is 642 g/mol. The molecule has 11 nitrogen and oxygen atoms in total. The molecule has 5 rings (SSSR count). The predicted molar refractivity (Wildman–Crippen MR) is 181 cm³/mol. The van der Waals surface area contributed by atoms with Crippen LogP contribution in [0.2, 0.25) is 0 Å². The molecule has 0 radical (unpaired) electrons. The van der Waals surface area contributed by atoms with Gasteiger partial charge in [0.15, 0.2) is 17.4 Å². The Balaban J connectivity index is 1.11. The van der Waals surface area contributed by atoms with Crippen LogP contribution in [-0.4, -0.2) is 91.9 Å². The third-order valence-electron chi connectivity index (χ3n) is 9.81. The second-order valence-electron chi connectivity index (χ2n) is 14.0. The number of nitrogens with zero attached hydrogens (tertiary/aromatic N) is 4. The van der Waals surface area contributed by atoms with Gasteiger partial charge < -0.3 is 25.0 Å². The maximum atomic E-state index is 15.0. The number of carbonyl (C=O) groups excluding carboxylic acids is 1. The van der Waals surface area contributed by atoms with E-state index in [1.165, 1.54) is 16.8 Å². The zero-order valence-corrected chi connectivity index (χ0v) is 29.5. The van der Waals surface area contributed by atoms with E-state index >= 15 is 4.39 Å². The fraction of sp³-hybridized carbons (Fsp3) is 0.676. The number of benzene rings is 1. The molecule has 3 heterocycles. The summed E-state index contributed by atoms with van der Waals surface area (Å²) in [6.45, 7) is 12.0. The summed E-state index contributed by atoms with van der Waals surface area (Å²) >= 11 is 0. The van der Waals surface area contributed by atoms with Crippen LogP contribution in [0.15, 0.2) is 18.3 Å². The van der Waals surface area contributed by atoms with Crippen LogP contribution in [0, 0.1) is 29.4 Å². The molecule has 1 aliphatic carbocycles. The van der Waals surface area contributed by atoms with E-state index in [2.05, 4.69) is 41.4 Å². The van der Waals surface area contributed by atoms with Crippen LogP contribution < -0.4 is 20.3 Å². The Morgan fingerprint density at radius 3 is 2.54 bits per heavy atom.